The van der Waals surface area contributed by atoms with Gasteiger partial charge in [0, 0.05) is 16.8 Å². The van der Waals surface area contributed by atoms with E-state index in [1.54, 1.807) is 34.0 Å². The van der Waals surface area contributed by atoms with Crippen molar-refractivity contribution in [3.8, 4) is 9.88 Å². The van der Waals surface area contributed by atoms with E-state index < -0.39 is 0 Å². The van der Waals surface area contributed by atoms with Crippen molar-refractivity contribution in [1.29, 1.82) is 0 Å². The molecule has 4 heterocycles. The molecule has 1 atom stereocenters. The largest absolute Gasteiger partial charge is 0.335 e. The Morgan fingerprint density at radius 1 is 1.22 bits per heavy atom. The van der Waals surface area contributed by atoms with E-state index in [0.29, 0.717) is 6.42 Å². The van der Waals surface area contributed by atoms with Crippen molar-refractivity contribution in [3.63, 3.8) is 0 Å². The highest BCUT2D eigenvalue weighted by molar-refractivity contribution is 7.20. The molecule has 3 aromatic heterocycles. The molecule has 0 aliphatic carbocycles. The van der Waals surface area contributed by atoms with Crippen molar-refractivity contribution >= 4 is 39.9 Å². The fraction of sp³-hybridized carbons (Fsp3) is 0.294. The highest BCUT2D eigenvalue weighted by Gasteiger charge is 2.30. The van der Waals surface area contributed by atoms with Crippen LogP contribution in [-0.2, 0) is 11.2 Å². The highest BCUT2D eigenvalue weighted by atomic mass is 32.1. The number of rotatable bonds is 4. The van der Waals surface area contributed by atoms with Gasteiger partial charge in [-0.1, -0.05) is 12.1 Å². The molecule has 1 amide bonds. The van der Waals surface area contributed by atoms with E-state index in [1.165, 1.54) is 9.75 Å². The minimum atomic E-state index is 0.198. The van der Waals surface area contributed by atoms with E-state index in [2.05, 4.69) is 33.9 Å². The fourth-order valence-corrected chi connectivity index (χ4v) is 5.51. The number of hydrogen-bond acceptors (Lipinski definition) is 5. The molecule has 23 heavy (non-hydrogen) atoms. The van der Waals surface area contributed by atoms with Gasteiger partial charge in [-0.2, -0.15) is 0 Å². The Bertz CT molecular complexity index is 777. The van der Waals surface area contributed by atoms with Gasteiger partial charge in [0.1, 0.15) is 5.01 Å². The predicted molar refractivity (Wildman–Crippen MR) is 97.1 cm³/mol. The van der Waals surface area contributed by atoms with Crippen molar-refractivity contribution < 1.29 is 4.79 Å². The Labute approximate surface area is 147 Å². The van der Waals surface area contributed by atoms with Crippen LogP contribution >= 0.6 is 34.0 Å². The molecule has 0 radical (unpaired) electrons. The summed E-state index contributed by atoms with van der Waals surface area (Å²) in [6.07, 6.45) is 2.57. The molecule has 118 valence electrons. The first-order chi connectivity index (χ1) is 11.3. The fourth-order valence-electron chi connectivity index (χ4n) is 3.00. The molecular formula is C17H16N2OS3. The summed E-state index contributed by atoms with van der Waals surface area (Å²) < 4.78 is 0. The second kappa shape index (κ2) is 6.55. The van der Waals surface area contributed by atoms with Gasteiger partial charge in [-0.3, -0.25) is 4.79 Å². The topological polar surface area (TPSA) is 33.2 Å². The minimum Gasteiger partial charge on any atom is -0.335 e. The Kier molecular flexibility index (Phi) is 4.29. The van der Waals surface area contributed by atoms with Crippen LogP contribution in [0.1, 0.15) is 29.5 Å². The normalized spacial score (nSPS) is 17.7. The third-order valence-electron chi connectivity index (χ3n) is 4.06. The third kappa shape index (κ3) is 3.11. The summed E-state index contributed by atoms with van der Waals surface area (Å²) in [6.45, 7) is 0.864. The lowest BCUT2D eigenvalue weighted by Gasteiger charge is -2.23. The van der Waals surface area contributed by atoms with Gasteiger partial charge in [0.2, 0.25) is 5.91 Å². The van der Waals surface area contributed by atoms with Crippen molar-refractivity contribution in [2.75, 3.05) is 6.54 Å². The molecular weight excluding hydrogens is 344 g/mol. The number of hydrogen-bond donors (Lipinski definition) is 0. The first-order valence-electron chi connectivity index (χ1n) is 7.62. The van der Waals surface area contributed by atoms with Crippen molar-refractivity contribution in [1.82, 2.24) is 9.88 Å². The summed E-state index contributed by atoms with van der Waals surface area (Å²) in [5, 5.41) is 7.17. The van der Waals surface area contributed by atoms with Crippen LogP contribution in [0.4, 0.5) is 0 Å². The van der Waals surface area contributed by atoms with Gasteiger partial charge >= 0.3 is 0 Å². The van der Waals surface area contributed by atoms with Gasteiger partial charge in [0.05, 0.1) is 23.0 Å². The van der Waals surface area contributed by atoms with Crippen LogP contribution in [0.25, 0.3) is 9.88 Å². The number of thiophene rings is 2. The lowest BCUT2D eigenvalue weighted by atomic mass is 10.2. The molecule has 1 aliphatic heterocycles. The maximum atomic E-state index is 12.7. The van der Waals surface area contributed by atoms with Crippen LogP contribution in [0.5, 0.6) is 0 Å². The number of nitrogens with zero attached hydrogens (tertiary/aromatic N) is 2. The molecule has 3 aromatic rings. The second-order valence-electron chi connectivity index (χ2n) is 5.56. The van der Waals surface area contributed by atoms with Crippen LogP contribution in [0.2, 0.25) is 0 Å². The SMILES string of the molecule is O=C(Cc1csc(-c2cccs2)n1)N1CCC[C@H]1c1cccs1. The Morgan fingerprint density at radius 2 is 2.09 bits per heavy atom. The molecule has 0 saturated carbocycles. The van der Waals surface area contributed by atoms with E-state index in [9.17, 15) is 4.79 Å². The lowest BCUT2D eigenvalue weighted by molar-refractivity contribution is -0.131. The van der Waals surface area contributed by atoms with Crippen LogP contribution in [0.15, 0.2) is 40.4 Å². The van der Waals surface area contributed by atoms with E-state index in [-0.39, 0.29) is 11.9 Å². The molecule has 1 aliphatic rings. The van der Waals surface area contributed by atoms with Crippen LogP contribution in [0, 0.1) is 0 Å². The maximum absolute atomic E-state index is 12.7. The zero-order valence-electron chi connectivity index (χ0n) is 12.5. The van der Waals surface area contributed by atoms with Crippen LogP contribution in [-0.4, -0.2) is 22.3 Å². The zero-order chi connectivity index (χ0) is 15.6. The quantitative estimate of drug-likeness (QED) is 0.667. The maximum Gasteiger partial charge on any atom is 0.229 e. The standard InChI is InChI=1S/C17H16N2OS3/c20-16(19-7-1-4-13(19)14-5-2-8-21-14)10-12-11-23-17(18-12)15-6-3-9-22-15/h2-3,5-6,8-9,11,13H,1,4,7,10H2/t13-/m0/s1. The van der Waals surface area contributed by atoms with Gasteiger partial charge in [-0.25, -0.2) is 4.98 Å². The number of thiazole rings is 1. The molecule has 0 N–H and O–H groups in total. The van der Waals surface area contributed by atoms with E-state index in [1.807, 2.05) is 16.3 Å². The average Bonchev–Trinajstić information content (AvgIpc) is 3.30. The first-order valence-corrected chi connectivity index (χ1v) is 10.3. The van der Waals surface area contributed by atoms with Gasteiger partial charge in [-0.05, 0) is 35.7 Å². The highest BCUT2D eigenvalue weighted by Crippen LogP contribution is 2.35. The number of aromatic nitrogens is 1. The van der Waals surface area contributed by atoms with Crippen LogP contribution < -0.4 is 0 Å². The molecule has 0 unspecified atom stereocenters. The van der Waals surface area contributed by atoms with Gasteiger partial charge in [0.25, 0.3) is 0 Å². The molecule has 0 spiro atoms. The molecule has 6 heteroatoms. The van der Waals surface area contributed by atoms with Gasteiger partial charge < -0.3 is 4.90 Å². The van der Waals surface area contributed by atoms with Crippen molar-refractivity contribution in [2.24, 2.45) is 0 Å². The zero-order valence-corrected chi connectivity index (χ0v) is 14.9. The Hall–Kier alpha value is -1.50. The Morgan fingerprint density at radius 3 is 2.87 bits per heavy atom. The lowest BCUT2D eigenvalue weighted by Crippen LogP contribution is -2.31. The first kappa shape index (κ1) is 15.1. The van der Waals surface area contributed by atoms with Crippen molar-refractivity contribution in [3.05, 3.63) is 51.0 Å². The summed E-state index contributed by atoms with van der Waals surface area (Å²) in [4.78, 5) is 21.9. The summed E-state index contributed by atoms with van der Waals surface area (Å²) in [6, 6.07) is 8.57. The van der Waals surface area contributed by atoms with E-state index >= 15 is 0 Å². The molecule has 3 nitrogen and oxygen atoms in total. The number of amides is 1. The number of carbonyl (C=O) groups excluding carboxylic acids is 1. The molecule has 1 saturated heterocycles. The minimum absolute atomic E-state index is 0.198. The number of carbonyl (C=O) groups is 1. The van der Waals surface area contributed by atoms with Crippen molar-refractivity contribution in [2.45, 2.75) is 25.3 Å². The van der Waals surface area contributed by atoms with Gasteiger partial charge in [-0.15, -0.1) is 34.0 Å². The monoisotopic (exact) mass is 360 g/mol. The summed E-state index contributed by atoms with van der Waals surface area (Å²) >= 11 is 5.05. The second-order valence-corrected chi connectivity index (χ2v) is 8.34. The Balaban J connectivity index is 1.47. The molecule has 4 rings (SSSR count). The molecule has 0 bridgehead atoms. The smallest absolute Gasteiger partial charge is 0.229 e. The van der Waals surface area contributed by atoms with Crippen LogP contribution in [0.3, 0.4) is 0 Å². The van der Waals surface area contributed by atoms with E-state index in [0.717, 1.165) is 30.1 Å². The predicted octanol–water partition coefficient (Wildman–Crippen LogP) is 4.84. The average molecular weight is 361 g/mol. The van der Waals surface area contributed by atoms with E-state index in [4.69, 9.17) is 0 Å². The molecule has 0 aromatic carbocycles. The summed E-state index contributed by atoms with van der Waals surface area (Å²) in [5.41, 5.74) is 0.889. The third-order valence-corrected chi connectivity index (χ3v) is 6.96. The summed E-state index contributed by atoms with van der Waals surface area (Å²) in [5.74, 6) is 0.198. The summed E-state index contributed by atoms with van der Waals surface area (Å²) in [7, 11) is 0. The molecule has 1 fully saturated rings. The van der Waals surface area contributed by atoms with Gasteiger partial charge in [0.15, 0.2) is 0 Å². The number of likely N-dealkylation sites (tertiary alicyclic amines) is 1.